The van der Waals surface area contributed by atoms with Gasteiger partial charge in [0, 0.05) is 0 Å². The number of carbonyl (C=O) groups is 1. The lowest BCUT2D eigenvalue weighted by Gasteiger charge is -1.99. The Labute approximate surface area is 56.2 Å². The topological polar surface area (TPSA) is 17.1 Å². The molecule has 0 amide bonds. The molecule has 0 fully saturated rings. The number of hydrogen-bond donors (Lipinski definition) is 0. The van der Waals surface area contributed by atoms with Crippen molar-refractivity contribution in [3.05, 3.63) is 24.3 Å². The molecule has 42 valence electrons. The SMILES string of the molecule is O=C1C=CC=CC1Br. The molecule has 1 aliphatic carbocycles. The average molecular weight is 173 g/mol. The smallest absolute Gasteiger partial charge is 0.173 e. The molecule has 2 heteroatoms. The zero-order valence-electron chi connectivity index (χ0n) is 4.17. The molecule has 1 unspecified atom stereocenters. The Kier molecular flexibility index (Phi) is 1.63. The fourth-order valence-corrected chi connectivity index (χ4v) is 0.828. The van der Waals surface area contributed by atoms with Gasteiger partial charge in [-0.3, -0.25) is 4.79 Å². The van der Waals surface area contributed by atoms with Gasteiger partial charge in [0.2, 0.25) is 0 Å². The van der Waals surface area contributed by atoms with Crippen LogP contribution in [0, 0.1) is 0 Å². The molecule has 1 atom stereocenters. The molecule has 0 spiro atoms. The summed E-state index contributed by atoms with van der Waals surface area (Å²) in [6.07, 6.45) is 6.95. The highest BCUT2D eigenvalue weighted by Gasteiger charge is 2.08. The molecule has 0 saturated carbocycles. The second kappa shape index (κ2) is 2.27. The van der Waals surface area contributed by atoms with Crippen LogP contribution >= 0.6 is 15.9 Å². The largest absolute Gasteiger partial charge is 0.293 e. The first-order valence-electron chi connectivity index (χ1n) is 2.33. The second-order valence-electron chi connectivity index (χ2n) is 1.55. The Morgan fingerprint density at radius 1 is 1.50 bits per heavy atom. The van der Waals surface area contributed by atoms with E-state index in [-0.39, 0.29) is 10.6 Å². The fraction of sp³-hybridized carbons (Fsp3) is 0.167. The number of rotatable bonds is 0. The highest BCUT2D eigenvalue weighted by Crippen LogP contribution is 2.07. The Balaban J connectivity index is 2.74. The van der Waals surface area contributed by atoms with E-state index in [0.29, 0.717) is 0 Å². The average Bonchev–Trinajstić information content (AvgIpc) is 1.77. The summed E-state index contributed by atoms with van der Waals surface area (Å²) in [4.78, 5) is 10.5. The quantitative estimate of drug-likeness (QED) is 0.506. The Morgan fingerprint density at radius 2 is 2.25 bits per heavy atom. The third-order valence-corrected chi connectivity index (χ3v) is 1.68. The van der Waals surface area contributed by atoms with Crippen molar-refractivity contribution in [1.29, 1.82) is 0 Å². The summed E-state index contributed by atoms with van der Waals surface area (Å²) in [7, 11) is 0. The van der Waals surface area contributed by atoms with Crippen LogP contribution in [0.1, 0.15) is 0 Å². The number of allylic oxidation sites excluding steroid dienone is 4. The standard InChI is InChI=1S/C6H5BrO/c7-5-3-1-2-4-6(5)8/h1-5H. The van der Waals surface area contributed by atoms with Crippen LogP contribution in [0.3, 0.4) is 0 Å². The van der Waals surface area contributed by atoms with Crippen LogP contribution in [0.15, 0.2) is 24.3 Å². The summed E-state index contributed by atoms with van der Waals surface area (Å²) in [6.45, 7) is 0. The molecule has 0 N–H and O–H groups in total. The van der Waals surface area contributed by atoms with E-state index < -0.39 is 0 Å². The Hall–Kier alpha value is -0.370. The van der Waals surface area contributed by atoms with Gasteiger partial charge in [0.05, 0.1) is 4.83 Å². The van der Waals surface area contributed by atoms with E-state index in [4.69, 9.17) is 0 Å². The summed E-state index contributed by atoms with van der Waals surface area (Å²) >= 11 is 3.17. The van der Waals surface area contributed by atoms with Gasteiger partial charge in [0.1, 0.15) is 0 Å². The Morgan fingerprint density at radius 3 is 2.62 bits per heavy atom. The van der Waals surface area contributed by atoms with E-state index >= 15 is 0 Å². The maximum Gasteiger partial charge on any atom is 0.173 e. The van der Waals surface area contributed by atoms with Gasteiger partial charge >= 0.3 is 0 Å². The van der Waals surface area contributed by atoms with Gasteiger partial charge in [-0.15, -0.1) is 0 Å². The predicted octanol–water partition coefficient (Wildman–Crippen LogP) is 1.45. The van der Waals surface area contributed by atoms with Crippen molar-refractivity contribution < 1.29 is 4.79 Å². The van der Waals surface area contributed by atoms with E-state index in [0.717, 1.165) is 0 Å². The molecule has 0 heterocycles. The number of halogens is 1. The van der Waals surface area contributed by atoms with Crippen molar-refractivity contribution in [1.82, 2.24) is 0 Å². The van der Waals surface area contributed by atoms with Crippen LogP contribution in [0.25, 0.3) is 0 Å². The van der Waals surface area contributed by atoms with Crippen LogP contribution in [-0.2, 0) is 4.79 Å². The normalized spacial score (nSPS) is 26.6. The third kappa shape index (κ3) is 1.07. The van der Waals surface area contributed by atoms with Gasteiger partial charge in [-0.25, -0.2) is 0 Å². The van der Waals surface area contributed by atoms with E-state index in [9.17, 15) is 4.79 Å². The minimum absolute atomic E-state index is 0.0903. The maximum absolute atomic E-state index is 10.6. The minimum atomic E-state index is -0.0903. The lowest BCUT2D eigenvalue weighted by Crippen LogP contribution is -2.08. The lowest BCUT2D eigenvalue weighted by molar-refractivity contribution is -0.113. The number of alkyl halides is 1. The molecule has 0 aromatic rings. The highest BCUT2D eigenvalue weighted by atomic mass is 79.9. The molecule has 0 radical (unpaired) electrons. The van der Waals surface area contributed by atoms with Crippen molar-refractivity contribution >= 4 is 21.7 Å². The molecule has 1 nitrogen and oxygen atoms in total. The number of carbonyl (C=O) groups excluding carboxylic acids is 1. The zero-order valence-corrected chi connectivity index (χ0v) is 5.76. The summed E-state index contributed by atoms with van der Waals surface area (Å²) in [5, 5.41) is 0. The molecule has 8 heavy (non-hydrogen) atoms. The van der Waals surface area contributed by atoms with Crippen molar-refractivity contribution in [3.63, 3.8) is 0 Å². The second-order valence-corrected chi connectivity index (χ2v) is 2.53. The number of hydrogen-bond acceptors (Lipinski definition) is 1. The molecule has 0 aromatic heterocycles. The minimum Gasteiger partial charge on any atom is -0.293 e. The maximum atomic E-state index is 10.6. The van der Waals surface area contributed by atoms with E-state index in [1.54, 1.807) is 12.2 Å². The van der Waals surface area contributed by atoms with Crippen molar-refractivity contribution in [3.8, 4) is 0 Å². The molecule has 0 bridgehead atoms. The monoisotopic (exact) mass is 172 g/mol. The molecule has 0 aromatic carbocycles. The fourth-order valence-electron chi connectivity index (χ4n) is 0.499. The van der Waals surface area contributed by atoms with Gasteiger partial charge in [0.15, 0.2) is 5.78 Å². The zero-order chi connectivity index (χ0) is 5.98. The Bertz CT molecular complexity index is 158. The summed E-state index contributed by atoms with van der Waals surface area (Å²) in [6, 6.07) is 0. The van der Waals surface area contributed by atoms with Crippen molar-refractivity contribution in [2.75, 3.05) is 0 Å². The van der Waals surface area contributed by atoms with Crippen molar-refractivity contribution in [2.45, 2.75) is 4.83 Å². The van der Waals surface area contributed by atoms with Gasteiger partial charge < -0.3 is 0 Å². The van der Waals surface area contributed by atoms with Crippen LogP contribution in [-0.4, -0.2) is 10.6 Å². The first-order chi connectivity index (χ1) is 3.80. The number of ketones is 1. The summed E-state index contributed by atoms with van der Waals surface area (Å²) < 4.78 is 0. The third-order valence-electron chi connectivity index (χ3n) is 0.923. The van der Waals surface area contributed by atoms with Crippen LogP contribution < -0.4 is 0 Å². The van der Waals surface area contributed by atoms with E-state index in [1.807, 2.05) is 12.2 Å². The molecular weight excluding hydrogens is 168 g/mol. The molecule has 0 aliphatic heterocycles. The van der Waals surface area contributed by atoms with Gasteiger partial charge in [-0.05, 0) is 6.08 Å². The van der Waals surface area contributed by atoms with E-state index in [2.05, 4.69) is 15.9 Å². The summed E-state index contributed by atoms with van der Waals surface area (Å²) in [5.74, 6) is 0.118. The first kappa shape index (κ1) is 5.76. The van der Waals surface area contributed by atoms with Crippen LogP contribution in [0.2, 0.25) is 0 Å². The highest BCUT2D eigenvalue weighted by molar-refractivity contribution is 9.10. The first-order valence-corrected chi connectivity index (χ1v) is 3.25. The van der Waals surface area contributed by atoms with Gasteiger partial charge in [0.25, 0.3) is 0 Å². The lowest BCUT2D eigenvalue weighted by atomic mass is 10.2. The molecular formula is C6H5BrO. The van der Waals surface area contributed by atoms with Gasteiger partial charge in [-0.2, -0.15) is 0 Å². The predicted molar refractivity (Wildman–Crippen MR) is 36.0 cm³/mol. The van der Waals surface area contributed by atoms with Crippen LogP contribution in [0.5, 0.6) is 0 Å². The van der Waals surface area contributed by atoms with Crippen molar-refractivity contribution in [2.24, 2.45) is 0 Å². The summed E-state index contributed by atoms with van der Waals surface area (Å²) in [5.41, 5.74) is 0. The van der Waals surface area contributed by atoms with Crippen LogP contribution in [0.4, 0.5) is 0 Å². The molecule has 0 saturated heterocycles. The van der Waals surface area contributed by atoms with E-state index in [1.165, 1.54) is 0 Å². The molecule has 1 aliphatic rings. The molecule has 1 rings (SSSR count). The van der Waals surface area contributed by atoms with Gasteiger partial charge in [-0.1, -0.05) is 34.2 Å².